The van der Waals surface area contributed by atoms with Crippen LogP contribution in [0.2, 0.25) is 0 Å². The zero-order valence-corrected chi connectivity index (χ0v) is 18.9. The molecule has 180 valence electrons. The fraction of sp³-hybridized carbons (Fsp3) is 0.103. The highest BCUT2D eigenvalue weighted by Gasteiger charge is 2.33. The number of carbonyl (C=O) groups is 1. The van der Waals surface area contributed by atoms with Crippen molar-refractivity contribution < 1.29 is 27.8 Å². The number of carboxylic acid groups (broad SMARTS) is 1. The first kappa shape index (κ1) is 23.4. The molecule has 0 radical (unpaired) electrons. The van der Waals surface area contributed by atoms with Crippen LogP contribution in [0.5, 0.6) is 5.75 Å². The highest BCUT2D eigenvalue weighted by atomic mass is 19.4. The van der Waals surface area contributed by atoms with Crippen LogP contribution in [0.1, 0.15) is 16.7 Å². The largest absolute Gasteiger partial charge is 0.489 e. The second-order valence-corrected chi connectivity index (χ2v) is 8.42. The Kier molecular flexibility index (Phi) is 6.06. The number of para-hydroxylation sites is 1. The summed E-state index contributed by atoms with van der Waals surface area (Å²) in [6.07, 6.45) is -3.16. The van der Waals surface area contributed by atoms with Gasteiger partial charge in [0.1, 0.15) is 12.4 Å². The SMILES string of the molecule is O=C(O)Cc1cccc2cc(OCc3cccc(-c4ccnc5c(C(F)(F)F)cccc45)c3)ccc12. The summed E-state index contributed by atoms with van der Waals surface area (Å²) in [5, 5.41) is 11.3. The van der Waals surface area contributed by atoms with Gasteiger partial charge in [-0.25, -0.2) is 0 Å². The molecule has 4 aromatic carbocycles. The lowest BCUT2D eigenvalue weighted by Gasteiger charge is -2.13. The minimum atomic E-state index is -4.49. The third kappa shape index (κ3) is 4.73. The summed E-state index contributed by atoms with van der Waals surface area (Å²) < 4.78 is 46.4. The molecule has 5 rings (SSSR count). The monoisotopic (exact) mass is 487 g/mol. The smallest absolute Gasteiger partial charge is 0.418 e. The standard InChI is InChI=1S/C29H20F3NO3/c30-29(31,32)26-9-3-8-25-24(12-13-33-28(25)26)19-5-1-4-18(14-19)17-36-22-10-11-23-20(15-22)6-2-7-21(23)16-27(34)35/h1-15H,16-17H2,(H,34,35). The number of fused-ring (bicyclic) bond motifs is 2. The van der Waals surface area contributed by atoms with Gasteiger partial charge in [-0.2, -0.15) is 13.2 Å². The van der Waals surface area contributed by atoms with Gasteiger partial charge in [0.05, 0.1) is 17.5 Å². The average molecular weight is 487 g/mol. The van der Waals surface area contributed by atoms with E-state index in [1.54, 1.807) is 24.3 Å². The molecule has 0 saturated heterocycles. The second kappa shape index (κ2) is 9.34. The number of rotatable bonds is 6. The van der Waals surface area contributed by atoms with Crippen molar-refractivity contribution in [3.8, 4) is 16.9 Å². The van der Waals surface area contributed by atoms with Crippen molar-refractivity contribution in [2.75, 3.05) is 0 Å². The number of hydrogen-bond donors (Lipinski definition) is 1. The fourth-order valence-electron chi connectivity index (χ4n) is 4.39. The topological polar surface area (TPSA) is 59.4 Å². The number of pyridine rings is 1. The van der Waals surface area contributed by atoms with Gasteiger partial charge in [-0.05, 0) is 63.4 Å². The molecular formula is C29H20F3NO3. The van der Waals surface area contributed by atoms with Crippen molar-refractivity contribution in [3.05, 3.63) is 108 Å². The first-order chi connectivity index (χ1) is 17.3. The number of benzene rings is 4. The Hall–Kier alpha value is -4.39. The normalized spacial score (nSPS) is 11.6. The van der Waals surface area contributed by atoms with Crippen molar-refractivity contribution in [1.29, 1.82) is 0 Å². The highest BCUT2D eigenvalue weighted by Crippen LogP contribution is 2.37. The minimum Gasteiger partial charge on any atom is -0.489 e. The summed E-state index contributed by atoms with van der Waals surface area (Å²) in [4.78, 5) is 15.1. The maximum atomic E-state index is 13.5. The van der Waals surface area contributed by atoms with E-state index >= 15 is 0 Å². The van der Waals surface area contributed by atoms with Crippen LogP contribution in [0.3, 0.4) is 0 Å². The molecule has 36 heavy (non-hydrogen) atoms. The Morgan fingerprint density at radius 2 is 1.69 bits per heavy atom. The van der Waals surface area contributed by atoms with Gasteiger partial charge in [0.2, 0.25) is 0 Å². The summed E-state index contributed by atoms with van der Waals surface area (Å²) in [6, 6.07) is 24.3. The van der Waals surface area contributed by atoms with E-state index in [9.17, 15) is 18.0 Å². The molecule has 7 heteroatoms. The van der Waals surface area contributed by atoms with Gasteiger partial charge in [0, 0.05) is 11.6 Å². The first-order valence-corrected chi connectivity index (χ1v) is 11.2. The van der Waals surface area contributed by atoms with Crippen molar-refractivity contribution in [2.45, 2.75) is 19.2 Å². The van der Waals surface area contributed by atoms with Crippen molar-refractivity contribution >= 4 is 27.6 Å². The lowest BCUT2D eigenvalue weighted by atomic mass is 9.98. The molecule has 4 nitrogen and oxygen atoms in total. The van der Waals surface area contributed by atoms with E-state index in [-0.39, 0.29) is 18.5 Å². The number of ether oxygens (including phenoxy) is 1. The van der Waals surface area contributed by atoms with Crippen LogP contribution in [0, 0.1) is 0 Å². The second-order valence-electron chi connectivity index (χ2n) is 8.42. The molecule has 0 aliphatic carbocycles. The summed E-state index contributed by atoms with van der Waals surface area (Å²) >= 11 is 0. The predicted octanol–water partition coefficient (Wildman–Crippen LogP) is 7.28. The van der Waals surface area contributed by atoms with Gasteiger partial charge >= 0.3 is 12.1 Å². The molecular weight excluding hydrogens is 467 g/mol. The Bertz CT molecular complexity index is 1590. The number of nitrogens with zero attached hydrogens (tertiary/aromatic N) is 1. The molecule has 0 atom stereocenters. The lowest BCUT2D eigenvalue weighted by molar-refractivity contribution is -0.137. The van der Waals surface area contributed by atoms with Gasteiger partial charge < -0.3 is 9.84 Å². The zero-order chi connectivity index (χ0) is 25.3. The van der Waals surface area contributed by atoms with Gasteiger partial charge in [-0.15, -0.1) is 0 Å². The molecule has 0 unspecified atom stereocenters. The molecule has 0 aliphatic heterocycles. The molecule has 0 fully saturated rings. The summed E-state index contributed by atoms with van der Waals surface area (Å²) in [5.41, 5.74) is 2.16. The molecule has 0 spiro atoms. The number of alkyl halides is 3. The molecule has 5 aromatic rings. The summed E-state index contributed by atoms with van der Waals surface area (Å²) in [6.45, 7) is 0.255. The van der Waals surface area contributed by atoms with E-state index < -0.39 is 17.7 Å². The number of aromatic nitrogens is 1. The Morgan fingerprint density at radius 3 is 2.50 bits per heavy atom. The maximum Gasteiger partial charge on any atom is 0.418 e. The molecule has 0 aliphatic rings. The third-order valence-corrected chi connectivity index (χ3v) is 6.00. The maximum absolute atomic E-state index is 13.5. The summed E-state index contributed by atoms with van der Waals surface area (Å²) in [5.74, 6) is -0.260. The Labute approximate surface area is 204 Å². The average Bonchev–Trinajstić information content (AvgIpc) is 2.86. The van der Waals surface area contributed by atoms with Crippen molar-refractivity contribution in [1.82, 2.24) is 4.98 Å². The van der Waals surface area contributed by atoms with Crippen LogP contribution in [0.25, 0.3) is 32.8 Å². The van der Waals surface area contributed by atoms with Gasteiger partial charge in [-0.1, -0.05) is 54.6 Å². The van der Waals surface area contributed by atoms with Crippen LogP contribution in [0.4, 0.5) is 13.2 Å². The third-order valence-electron chi connectivity index (χ3n) is 6.00. The Balaban J connectivity index is 1.41. The molecule has 1 N–H and O–H groups in total. The number of halogens is 3. The quantitative estimate of drug-likeness (QED) is 0.273. The number of carboxylic acids is 1. The van der Waals surface area contributed by atoms with Gasteiger partial charge in [0.15, 0.2) is 0 Å². The minimum absolute atomic E-state index is 0.0571. The number of aliphatic carboxylic acids is 1. The Morgan fingerprint density at radius 1 is 0.889 bits per heavy atom. The van der Waals surface area contributed by atoms with Crippen LogP contribution < -0.4 is 4.74 Å². The van der Waals surface area contributed by atoms with Crippen LogP contribution in [-0.4, -0.2) is 16.1 Å². The van der Waals surface area contributed by atoms with E-state index in [2.05, 4.69) is 4.98 Å². The van der Waals surface area contributed by atoms with Crippen LogP contribution in [0.15, 0.2) is 91.1 Å². The highest BCUT2D eigenvalue weighted by molar-refractivity contribution is 5.96. The van der Waals surface area contributed by atoms with E-state index in [4.69, 9.17) is 9.84 Å². The molecule has 1 heterocycles. The zero-order valence-electron chi connectivity index (χ0n) is 18.9. The molecule has 0 bridgehead atoms. The predicted molar refractivity (Wildman–Crippen MR) is 132 cm³/mol. The number of hydrogen-bond acceptors (Lipinski definition) is 3. The first-order valence-electron chi connectivity index (χ1n) is 11.2. The molecule has 0 saturated carbocycles. The van der Waals surface area contributed by atoms with Crippen molar-refractivity contribution in [3.63, 3.8) is 0 Å². The van der Waals surface area contributed by atoms with Gasteiger partial charge in [0.25, 0.3) is 0 Å². The lowest BCUT2D eigenvalue weighted by Crippen LogP contribution is -2.06. The molecule has 0 amide bonds. The van der Waals surface area contributed by atoms with E-state index in [0.29, 0.717) is 16.7 Å². The fourth-order valence-corrected chi connectivity index (χ4v) is 4.39. The van der Waals surface area contributed by atoms with Crippen molar-refractivity contribution in [2.24, 2.45) is 0 Å². The van der Waals surface area contributed by atoms with E-state index in [1.165, 1.54) is 12.3 Å². The van der Waals surface area contributed by atoms with Crippen LogP contribution in [-0.2, 0) is 24.0 Å². The molecule has 1 aromatic heterocycles. The van der Waals surface area contributed by atoms with Crippen LogP contribution >= 0.6 is 0 Å². The summed E-state index contributed by atoms with van der Waals surface area (Å²) in [7, 11) is 0. The van der Waals surface area contributed by atoms with E-state index in [1.807, 2.05) is 48.5 Å². The van der Waals surface area contributed by atoms with Gasteiger partial charge in [-0.3, -0.25) is 9.78 Å². The van der Waals surface area contributed by atoms with E-state index in [0.717, 1.165) is 33.5 Å².